The van der Waals surface area contributed by atoms with Crippen molar-refractivity contribution in [3.05, 3.63) is 64.1 Å². The van der Waals surface area contributed by atoms with Crippen LogP contribution in [0.1, 0.15) is 26.3 Å². The Balaban J connectivity index is 1.83. The van der Waals surface area contributed by atoms with Gasteiger partial charge in [-0.1, -0.05) is 0 Å². The van der Waals surface area contributed by atoms with Crippen LogP contribution in [0.3, 0.4) is 0 Å². The van der Waals surface area contributed by atoms with Gasteiger partial charge in [0.15, 0.2) is 0 Å². The van der Waals surface area contributed by atoms with E-state index < -0.39 is 36.8 Å². The number of ether oxygens (including phenoxy) is 1. The Hall–Kier alpha value is -2.07. The maximum atomic E-state index is 12.1. The second-order valence-electron chi connectivity index (χ2n) is 7.99. The van der Waals surface area contributed by atoms with E-state index >= 15 is 0 Å². The van der Waals surface area contributed by atoms with E-state index in [9.17, 15) is 14.7 Å². The van der Waals surface area contributed by atoms with Gasteiger partial charge in [-0.25, -0.2) is 0 Å². The van der Waals surface area contributed by atoms with Crippen LogP contribution in [0.15, 0.2) is 48.5 Å². The number of halogens is 2. The Labute approximate surface area is 197 Å². The zero-order chi connectivity index (χ0) is 22.8. The van der Waals surface area contributed by atoms with Gasteiger partial charge in [-0.15, -0.1) is 0 Å². The first kappa shape index (κ1) is 23.6. The monoisotopic (exact) mass is 520 g/mol. The van der Waals surface area contributed by atoms with Crippen molar-refractivity contribution in [2.75, 3.05) is 0 Å². The van der Waals surface area contributed by atoms with Crippen molar-refractivity contribution in [3.8, 4) is 11.3 Å². The van der Waals surface area contributed by atoms with Crippen LogP contribution in [-0.2, 0) is 16.0 Å². The summed E-state index contributed by atoms with van der Waals surface area (Å²) >= 11 is 11.4. The number of aromatic nitrogens is 1. The van der Waals surface area contributed by atoms with Gasteiger partial charge in [0.1, 0.15) is 0 Å². The van der Waals surface area contributed by atoms with Crippen molar-refractivity contribution in [2.45, 2.75) is 37.5 Å². The Morgan fingerprint density at radius 2 is 1.77 bits per heavy atom. The molecular formula is C23H21AsCl2NO4. The van der Waals surface area contributed by atoms with Gasteiger partial charge in [-0.05, 0) is 0 Å². The number of hydrogen-bond acceptors (Lipinski definition) is 4. The third-order valence-electron chi connectivity index (χ3n) is 4.34. The molecule has 1 radical (unpaired) electrons. The molecule has 3 rings (SSSR count). The molecule has 0 aliphatic heterocycles. The molecule has 8 heteroatoms. The van der Waals surface area contributed by atoms with Gasteiger partial charge < -0.3 is 0 Å². The summed E-state index contributed by atoms with van der Waals surface area (Å²) in [5, 5.41) is 11.5. The number of hydrogen-bond donors (Lipinski definition) is 1. The predicted octanol–water partition coefficient (Wildman–Crippen LogP) is 6.26. The summed E-state index contributed by atoms with van der Waals surface area (Å²) in [5.74, 6) is -0.993. The molecule has 31 heavy (non-hydrogen) atoms. The Morgan fingerprint density at radius 1 is 1.10 bits per heavy atom. The number of carboxylic acids is 1. The number of fused-ring (bicyclic) bond motifs is 1. The number of carbonyl (C=O) groups excluding carboxylic acids is 1. The fourth-order valence-corrected chi connectivity index (χ4v) is 5.69. The second-order valence-corrected chi connectivity index (χ2v) is 11.4. The molecule has 1 heterocycles. The number of benzene rings is 2. The topological polar surface area (TPSA) is 76.5 Å². The maximum absolute atomic E-state index is 12.1. The molecule has 5 nitrogen and oxygen atoms in total. The average Bonchev–Trinajstić information content (AvgIpc) is 2.65. The summed E-state index contributed by atoms with van der Waals surface area (Å²) in [5.41, 5.74) is 2.26. The number of rotatable bonds is 6. The van der Waals surface area contributed by atoms with E-state index in [2.05, 4.69) is 4.98 Å². The molecule has 1 N–H and O–H groups in total. The van der Waals surface area contributed by atoms with Gasteiger partial charge in [-0.3, -0.25) is 0 Å². The fraction of sp³-hybridized carbons (Fsp3) is 0.261. The Kier molecular flexibility index (Phi) is 7.31. The number of nitrogens with zero attached hydrogens (tertiary/aromatic N) is 1. The van der Waals surface area contributed by atoms with E-state index in [0.29, 0.717) is 21.3 Å². The van der Waals surface area contributed by atoms with Crippen molar-refractivity contribution < 1.29 is 19.4 Å². The number of pyridine rings is 1. The van der Waals surface area contributed by atoms with Crippen LogP contribution in [0.2, 0.25) is 14.8 Å². The molecule has 0 spiro atoms. The molecule has 1 aromatic heterocycles. The van der Waals surface area contributed by atoms with Crippen LogP contribution in [0.5, 0.6) is 0 Å². The summed E-state index contributed by atoms with van der Waals surface area (Å²) in [6, 6.07) is 14.6. The molecule has 1 atom stereocenters. The van der Waals surface area contributed by atoms with E-state index in [1.165, 1.54) is 0 Å². The van der Waals surface area contributed by atoms with E-state index in [-0.39, 0.29) is 6.42 Å². The van der Waals surface area contributed by atoms with Crippen LogP contribution >= 0.6 is 23.2 Å². The second kappa shape index (κ2) is 9.60. The van der Waals surface area contributed by atoms with Crippen molar-refractivity contribution in [2.24, 2.45) is 0 Å². The zero-order valence-corrected chi connectivity index (χ0v) is 20.6. The summed E-state index contributed by atoms with van der Waals surface area (Å²) < 4.78 is 4.10. The molecule has 2 aromatic carbocycles. The first-order valence-corrected chi connectivity index (χ1v) is 12.3. The normalized spacial score (nSPS) is 12.9. The van der Waals surface area contributed by atoms with Crippen molar-refractivity contribution in [1.82, 2.24) is 4.98 Å². The quantitative estimate of drug-likeness (QED) is 0.388. The molecular weight excluding hydrogens is 500 g/mol. The first-order chi connectivity index (χ1) is 14.5. The average molecular weight is 521 g/mol. The minimum atomic E-state index is -1.16. The van der Waals surface area contributed by atoms with E-state index in [4.69, 9.17) is 27.9 Å². The molecule has 0 unspecified atom stereocenters. The summed E-state index contributed by atoms with van der Waals surface area (Å²) in [6.45, 7) is 5.30. The predicted molar refractivity (Wildman–Crippen MR) is 124 cm³/mol. The SMILES string of the molecule is CC(C)(C)OC(=O)[As][C@H](Cc1ccc2nc(-c3c(Cl)cccc3Cl)ccc2c1)C(=O)O. The molecule has 0 amide bonds. The standard InChI is InChI=1S/C23H21AsCl2NO4/c1-23(2,3)31-22(30)24-15(21(28)29)12-13-7-9-18-14(11-13)8-10-19(27-18)20-16(25)5-4-6-17(20)26/h4-11,15H,12H2,1-3H3,(H,28,29)/t15-/m1/s1. The molecule has 0 aliphatic rings. The Bertz CT molecular complexity index is 1120. The molecule has 161 valence electrons. The van der Waals surface area contributed by atoms with E-state index in [1.807, 2.05) is 30.3 Å². The molecule has 0 saturated heterocycles. The van der Waals surface area contributed by atoms with Crippen molar-refractivity contribution in [1.29, 1.82) is 0 Å². The van der Waals surface area contributed by atoms with Crippen LogP contribution in [0.25, 0.3) is 22.2 Å². The number of carbonyl (C=O) groups is 2. The third kappa shape index (κ3) is 6.22. The molecule has 3 aromatic rings. The molecule has 0 fully saturated rings. The van der Waals surface area contributed by atoms with Gasteiger partial charge in [-0.2, -0.15) is 0 Å². The van der Waals surface area contributed by atoms with Crippen LogP contribution in [-0.4, -0.2) is 42.2 Å². The fourth-order valence-electron chi connectivity index (χ4n) is 3.01. The summed E-state index contributed by atoms with van der Waals surface area (Å²) in [7, 11) is 0. The van der Waals surface area contributed by atoms with Crippen molar-refractivity contribution in [3.63, 3.8) is 0 Å². The summed E-state index contributed by atoms with van der Waals surface area (Å²) in [4.78, 5) is 28.5. The van der Waals surface area contributed by atoms with E-state index in [0.717, 1.165) is 16.5 Å². The zero-order valence-electron chi connectivity index (χ0n) is 17.2. The van der Waals surface area contributed by atoms with E-state index in [1.54, 1.807) is 39.0 Å². The number of carboxylic acid groups (broad SMARTS) is 1. The van der Waals surface area contributed by atoms with Gasteiger partial charge in [0.2, 0.25) is 0 Å². The minimum absolute atomic E-state index is 0.253. The summed E-state index contributed by atoms with van der Waals surface area (Å²) in [6.07, 6.45) is 0.253. The molecule has 0 saturated carbocycles. The van der Waals surface area contributed by atoms with Crippen LogP contribution < -0.4 is 0 Å². The third-order valence-corrected chi connectivity index (χ3v) is 7.11. The number of aliphatic carboxylic acids is 1. The van der Waals surface area contributed by atoms with Gasteiger partial charge in [0.25, 0.3) is 0 Å². The van der Waals surface area contributed by atoms with Crippen LogP contribution in [0, 0.1) is 0 Å². The Morgan fingerprint density at radius 3 is 2.39 bits per heavy atom. The van der Waals surface area contributed by atoms with Gasteiger partial charge in [0, 0.05) is 0 Å². The first-order valence-electron chi connectivity index (χ1n) is 9.54. The van der Waals surface area contributed by atoms with Crippen molar-refractivity contribution >= 4 is 60.6 Å². The van der Waals surface area contributed by atoms with Crippen LogP contribution in [0.4, 0.5) is 4.79 Å². The van der Waals surface area contributed by atoms with Gasteiger partial charge >= 0.3 is 198 Å². The van der Waals surface area contributed by atoms with Gasteiger partial charge in [0.05, 0.1) is 0 Å². The molecule has 0 aliphatic carbocycles. The molecule has 0 bridgehead atoms.